The average molecular weight is 393 g/mol. The van der Waals surface area contributed by atoms with Crippen LogP contribution in [-0.2, 0) is 0 Å². The van der Waals surface area contributed by atoms with Crippen LogP contribution in [0.2, 0.25) is 0 Å². The summed E-state index contributed by atoms with van der Waals surface area (Å²) in [4.78, 5) is 19.0. The number of ether oxygens (including phenoxy) is 1. The fourth-order valence-corrected chi connectivity index (χ4v) is 4.54. The van der Waals surface area contributed by atoms with Gasteiger partial charge in [0, 0.05) is 23.9 Å². The molecule has 0 bridgehead atoms. The zero-order valence-electron chi connectivity index (χ0n) is 14.9. The summed E-state index contributed by atoms with van der Waals surface area (Å²) in [5.41, 5.74) is 0.203. The van der Waals surface area contributed by atoms with E-state index in [4.69, 9.17) is 4.74 Å². The molecule has 1 aliphatic rings. The number of thiazole rings is 1. The Morgan fingerprint density at radius 2 is 2.23 bits per heavy atom. The van der Waals surface area contributed by atoms with Crippen molar-refractivity contribution < 1.29 is 14.6 Å². The second-order valence-corrected chi connectivity index (χ2v) is 8.51. The number of likely N-dealkylation sites (tertiary alicyclic amines) is 1. The molecule has 2 heterocycles. The van der Waals surface area contributed by atoms with Crippen LogP contribution in [0.15, 0.2) is 40.1 Å². The van der Waals surface area contributed by atoms with E-state index < -0.39 is 0 Å². The van der Waals surface area contributed by atoms with Gasteiger partial charge in [-0.3, -0.25) is 4.79 Å². The highest BCUT2D eigenvalue weighted by atomic mass is 32.2. The molecule has 5 nitrogen and oxygen atoms in total. The molecule has 1 aliphatic heterocycles. The van der Waals surface area contributed by atoms with Crippen LogP contribution in [-0.4, -0.2) is 53.5 Å². The second kappa shape index (κ2) is 8.88. The van der Waals surface area contributed by atoms with E-state index in [1.807, 2.05) is 46.9 Å². The number of para-hydroxylation sites is 1. The SMILES string of the molecule is CSc1nc(C(=O)N2CCCC(CO)(CCOc3ccccc3)C2)cs1. The minimum absolute atomic E-state index is 0.0388. The Kier molecular flexibility index (Phi) is 6.56. The third-order valence-corrected chi connectivity index (χ3v) is 6.67. The van der Waals surface area contributed by atoms with Crippen LogP contribution in [0.4, 0.5) is 0 Å². The molecule has 0 radical (unpaired) electrons. The lowest BCUT2D eigenvalue weighted by molar-refractivity contribution is 0.0153. The van der Waals surface area contributed by atoms with Crippen molar-refractivity contribution in [3.05, 3.63) is 41.4 Å². The van der Waals surface area contributed by atoms with Crippen molar-refractivity contribution in [2.24, 2.45) is 5.41 Å². The predicted octanol–water partition coefficient (Wildman–Crippen LogP) is 3.55. The Hall–Kier alpha value is -1.57. The summed E-state index contributed by atoms with van der Waals surface area (Å²) in [5, 5.41) is 11.9. The molecule has 0 aliphatic carbocycles. The molecule has 1 aromatic heterocycles. The number of aliphatic hydroxyl groups is 1. The van der Waals surface area contributed by atoms with Crippen molar-refractivity contribution in [2.75, 3.05) is 32.6 Å². The molecule has 26 heavy (non-hydrogen) atoms. The maximum absolute atomic E-state index is 12.8. The monoisotopic (exact) mass is 392 g/mol. The summed E-state index contributed by atoms with van der Waals surface area (Å²) in [6.45, 7) is 1.85. The Morgan fingerprint density at radius 3 is 2.92 bits per heavy atom. The number of thioether (sulfide) groups is 1. The molecule has 1 unspecified atom stereocenters. The molecule has 1 fully saturated rings. The molecule has 0 spiro atoms. The molecule has 0 saturated carbocycles. The number of benzene rings is 1. The summed E-state index contributed by atoms with van der Waals surface area (Å²) in [6.07, 6.45) is 4.46. The molecule has 3 rings (SSSR count). The number of nitrogens with zero attached hydrogens (tertiary/aromatic N) is 2. The van der Waals surface area contributed by atoms with E-state index in [0.29, 0.717) is 25.4 Å². The van der Waals surface area contributed by atoms with E-state index in [9.17, 15) is 9.90 Å². The number of amides is 1. The van der Waals surface area contributed by atoms with Gasteiger partial charge in [-0.2, -0.15) is 0 Å². The normalized spacial score (nSPS) is 20.2. The van der Waals surface area contributed by atoms with E-state index >= 15 is 0 Å². The number of hydrogen-bond donors (Lipinski definition) is 1. The maximum Gasteiger partial charge on any atom is 0.273 e. The van der Waals surface area contributed by atoms with Crippen LogP contribution in [0, 0.1) is 5.41 Å². The first kappa shape index (κ1) is 19.2. The highest BCUT2D eigenvalue weighted by Gasteiger charge is 2.37. The van der Waals surface area contributed by atoms with Crippen molar-refractivity contribution in [3.63, 3.8) is 0 Å². The molecule has 140 valence electrons. The molecule has 1 amide bonds. The minimum Gasteiger partial charge on any atom is -0.494 e. The van der Waals surface area contributed by atoms with Crippen LogP contribution in [0.5, 0.6) is 5.75 Å². The van der Waals surface area contributed by atoms with Gasteiger partial charge in [0.15, 0.2) is 0 Å². The largest absolute Gasteiger partial charge is 0.494 e. The first-order valence-electron chi connectivity index (χ1n) is 8.73. The summed E-state index contributed by atoms with van der Waals surface area (Å²) in [5.74, 6) is 0.791. The van der Waals surface area contributed by atoms with Gasteiger partial charge in [0.25, 0.3) is 5.91 Å². The number of hydrogen-bond acceptors (Lipinski definition) is 6. The number of aromatic nitrogens is 1. The lowest BCUT2D eigenvalue weighted by Gasteiger charge is -2.41. The van der Waals surface area contributed by atoms with Gasteiger partial charge < -0.3 is 14.7 Å². The van der Waals surface area contributed by atoms with Gasteiger partial charge in [-0.05, 0) is 37.7 Å². The summed E-state index contributed by atoms with van der Waals surface area (Å²) < 4.78 is 6.70. The molecule has 1 atom stereocenters. The smallest absolute Gasteiger partial charge is 0.273 e. The number of carbonyl (C=O) groups excluding carboxylic acids is 1. The van der Waals surface area contributed by atoms with Gasteiger partial charge >= 0.3 is 0 Å². The van der Waals surface area contributed by atoms with Crippen LogP contribution in [0.3, 0.4) is 0 Å². The van der Waals surface area contributed by atoms with Gasteiger partial charge in [0.2, 0.25) is 0 Å². The molecular formula is C19H24N2O3S2. The zero-order valence-corrected chi connectivity index (χ0v) is 16.5. The van der Waals surface area contributed by atoms with E-state index in [2.05, 4.69) is 4.98 Å². The Morgan fingerprint density at radius 1 is 1.42 bits per heavy atom. The summed E-state index contributed by atoms with van der Waals surface area (Å²) >= 11 is 3.04. The zero-order chi connectivity index (χ0) is 18.4. The van der Waals surface area contributed by atoms with E-state index in [1.54, 1.807) is 11.8 Å². The average Bonchev–Trinajstić information content (AvgIpc) is 3.18. The van der Waals surface area contributed by atoms with E-state index in [1.165, 1.54) is 11.3 Å². The van der Waals surface area contributed by atoms with Crippen LogP contribution < -0.4 is 4.74 Å². The molecule has 2 aromatic rings. The Bertz CT molecular complexity index is 723. The summed E-state index contributed by atoms with van der Waals surface area (Å²) in [6, 6.07) is 9.68. The van der Waals surface area contributed by atoms with E-state index in [0.717, 1.165) is 29.4 Å². The lowest BCUT2D eigenvalue weighted by atomic mass is 9.78. The van der Waals surface area contributed by atoms with Crippen LogP contribution >= 0.6 is 23.1 Å². The van der Waals surface area contributed by atoms with E-state index in [-0.39, 0.29) is 17.9 Å². The van der Waals surface area contributed by atoms with Crippen molar-refractivity contribution in [1.29, 1.82) is 0 Å². The minimum atomic E-state index is -0.305. The standard InChI is InChI=1S/C19H24N2O3S2/c1-25-18-20-16(12-26-18)17(23)21-10-5-8-19(13-21,14-22)9-11-24-15-6-3-2-4-7-15/h2-4,6-7,12,22H,5,8-11,13-14H2,1H3. The van der Waals surface area contributed by atoms with Crippen molar-refractivity contribution in [3.8, 4) is 5.75 Å². The van der Waals surface area contributed by atoms with Gasteiger partial charge in [0.05, 0.1) is 13.2 Å². The number of aliphatic hydroxyl groups excluding tert-OH is 1. The fraction of sp³-hybridized carbons (Fsp3) is 0.474. The number of piperidine rings is 1. The van der Waals surface area contributed by atoms with Gasteiger partial charge in [-0.1, -0.05) is 30.0 Å². The first-order chi connectivity index (χ1) is 12.7. The number of carbonyl (C=O) groups is 1. The topological polar surface area (TPSA) is 62.7 Å². The van der Waals surface area contributed by atoms with Crippen LogP contribution in [0.25, 0.3) is 0 Å². The first-order valence-corrected chi connectivity index (χ1v) is 10.8. The molecule has 1 aromatic carbocycles. The Labute approximate surface area is 162 Å². The molecule has 1 N–H and O–H groups in total. The number of rotatable bonds is 7. The maximum atomic E-state index is 12.8. The van der Waals surface area contributed by atoms with Gasteiger partial charge in [-0.15, -0.1) is 11.3 Å². The predicted molar refractivity (Wildman–Crippen MR) is 105 cm³/mol. The van der Waals surface area contributed by atoms with Gasteiger partial charge in [-0.25, -0.2) is 4.98 Å². The van der Waals surface area contributed by atoms with Crippen molar-refractivity contribution in [1.82, 2.24) is 9.88 Å². The van der Waals surface area contributed by atoms with Crippen molar-refractivity contribution in [2.45, 2.75) is 23.6 Å². The highest BCUT2D eigenvalue weighted by Crippen LogP contribution is 2.34. The highest BCUT2D eigenvalue weighted by molar-refractivity contribution is 8.00. The second-order valence-electron chi connectivity index (χ2n) is 6.60. The fourth-order valence-electron chi connectivity index (χ4n) is 3.31. The Balaban J connectivity index is 1.61. The molecule has 1 saturated heterocycles. The summed E-state index contributed by atoms with van der Waals surface area (Å²) in [7, 11) is 0. The van der Waals surface area contributed by atoms with Gasteiger partial charge in [0.1, 0.15) is 15.8 Å². The van der Waals surface area contributed by atoms with Crippen molar-refractivity contribution >= 4 is 29.0 Å². The molecular weight excluding hydrogens is 368 g/mol. The quantitative estimate of drug-likeness (QED) is 0.730. The third kappa shape index (κ3) is 4.58. The lowest BCUT2D eigenvalue weighted by Crippen LogP contribution is -2.48. The molecule has 7 heteroatoms. The third-order valence-electron chi connectivity index (χ3n) is 4.81. The van der Waals surface area contributed by atoms with Crippen LogP contribution in [0.1, 0.15) is 29.8 Å².